The molecule has 1 N–H and O–H groups in total. The van der Waals surface area contributed by atoms with E-state index >= 15 is 0 Å². The minimum Gasteiger partial charge on any atom is -0.469 e. The summed E-state index contributed by atoms with van der Waals surface area (Å²) >= 11 is 0. The molecule has 0 aromatic carbocycles. The number of pyridine rings is 1. The molecule has 0 radical (unpaired) electrons. The van der Waals surface area contributed by atoms with Crippen LogP contribution in [-0.2, 0) is 15.7 Å². The molecule has 1 amide bonds. The molecule has 1 aliphatic rings. The van der Waals surface area contributed by atoms with Crippen molar-refractivity contribution in [2.45, 2.75) is 44.3 Å². The molecule has 24 heavy (non-hydrogen) atoms. The van der Waals surface area contributed by atoms with E-state index in [0.29, 0.717) is 12.8 Å². The second-order valence-corrected chi connectivity index (χ2v) is 5.74. The van der Waals surface area contributed by atoms with Crippen molar-refractivity contribution in [2.24, 2.45) is 5.92 Å². The predicted octanol–water partition coefficient (Wildman–Crippen LogP) is 2.95. The number of esters is 1. The van der Waals surface area contributed by atoms with Crippen molar-refractivity contribution in [3.8, 4) is 0 Å². The molecule has 0 aliphatic heterocycles. The van der Waals surface area contributed by atoms with Crippen LogP contribution in [0.5, 0.6) is 0 Å². The number of alkyl halides is 3. The SMILES string of the molecule is COC(=O)C1CCCCCC1NC(=O)c1ncccc1C(F)(F)F. The molecule has 1 saturated carbocycles. The average molecular weight is 344 g/mol. The van der Waals surface area contributed by atoms with Crippen LogP contribution in [-0.4, -0.2) is 30.0 Å². The van der Waals surface area contributed by atoms with E-state index in [4.69, 9.17) is 4.74 Å². The number of halogens is 3. The van der Waals surface area contributed by atoms with E-state index in [1.54, 1.807) is 0 Å². The smallest absolute Gasteiger partial charge is 0.418 e. The molecular weight excluding hydrogens is 325 g/mol. The topological polar surface area (TPSA) is 68.3 Å². The summed E-state index contributed by atoms with van der Waals surface area (Å²) in [5.41, 5.74) is -1.77. The molecular formula is C16H19F3N2O3. The van der Waals surface area contributed by atoms with Gasteiger partial charge in [0.25, 0.3) is 5.91 Å². The highest BCUT2D eigenvalue weighted by molar-refractivity contribution is 5.94. The van der Waals surface area contributed by atoms with Crippen LogP contribution in [0.3, 0.4) is 0 Å². The van der Waals surface area contributed by atoms with Gasteiger partial charge < -0.3 is 10.1 Å². The molecule has 1 aromatic rings. The van der Waals surface area contributed by atoms with Crippen LogP contribution in [0, 0.1) is 5.92 Å². The van der Waals surface area contributed by atoms with Gasteiger partial charge in [0.2, 0.25) is 0 Å². The summed E-state index contributed by atoms with van der Waals surface area (Å²) in [6, 6.07) is 1.38. The predicted molar refractivity (Wildman–Crippen MR) is 79.1 cm³/mol. The molecule has 2 atom stereocenters. The number of amides is 1. The normalized spacial score (nSPS) is 21.7. The van der Waals surface area contributed by atoms with Crippen LogP contribution in [0.25, 0.3) is 0 Å². The van der Waals surface area contributed by atoms with Crippen LogP contribution < -0.4 is 5.32 Å². The maximum atomic E-state index is 13.0. The van der Waals surface area contributed by atoms with Gasteiger partial charge in [0.15, 0.2) is 0 Å². The molecule has 132 valence electrons. The van der Waals surface area contributed by atoms with E-state index in [0.717, 1.165) is 37.6 Å². The van der Waals surface area contributed by atoms with Crippen LogP contribution in [0.1, 0.15) is 48.2 Å². The third-order valence-electron chi connectivity index (χ3n) is 4.16. The van der Waals surface area contributed by atoms with E-state index in [1.165, 1.54) is 7.11 Å². The fourth-order valence-electron chi connectivity index (χ4n) is 2.97. The van der Waals surface area contributed by atoms with Gasteiger partial charge >= 0.3 is 12.1 Å². The Kier molecular flexibility index (Phi) is 5.80. The minimum atomic E-state index is -4.67. The molecule has 0 spiro atoms. The summed E-state index contributed by atoms with van der Waals surface area (Å²) in [5, 5.41) is 2.55. The number of aromatic nitrogens is 1. The first kappa shape index (κ1) is 18.2. The van der Waals surface area contributed by atoms with Crippen molar-refractivity contribution < 1.29 is 27.5 Å². The minimum absolute atomic E-state index is 0.459. The molecule has 1 fully saturated rings. The number of ether oxygens (including phenoxy) is 1. The van der Waals surface area contributed by atoms with E-state index in [1.807, 2.05) is 0 Å². The number of carbonyl (C=O) groups is 2. The van der Waals surface area contributed by atoms with Gasteiger partial charge in [0.05, 0.1) is 18.6 Å². The fraction of sp³-hybridized carbons (Fsp3) is 0.562. The lowest BCUT2D eigenvalue weighted by Gasteiger charge is -2.24. The van der Waals surface area contributed by atoms with Crippen LogP contribution in [0.4, 0.5) is 13.2 Å². The van der Waals surface area contributed by atoms with Crippen LogP contribution in [0.2, 0.25) is 0 Å². The molecule has 0 saturated heterocycles. The van der Waals surface area contributed by atoms with Gasteiger partial charge in [0.1, 0.15) is 5.69 Å². The zero-order valence-electron chi connectivity index (χ0n) is 13.2. The maximum Gasteiger partial charge on any atom is 0.418 e. The van der Waals surface area contributed by atoms with Gasteiger partial charge in [-0.1, -0.05) is 19.3 Å². The second kappa shape index (κ2) is 7.63. The van der Waals surface area contributed by atoms with Crippen molar-refractivity contribution in [1.82, 2.24) is 10.3 Å². The fourth-order valence-corrected chi connectivity index (χ4v) is 2.97. The second-order valence-electron chi connectivity index (χ2n) is 5.74. The summed E-state index contributed by atoms with van der Waals surface area (Å²) < 4.78 is 43.8. The third-order valence-corrected chi connectivity index (χ3v) is 4.16. The number of methoxy groups -OCH3 is 1. The van der Waals surface area contributed by atoms with Crippen molar-refractivity contribution in [2.75, 3.05) is 7.11 Å². The molecule has 0 bridgehead atoms. The van der Waals surface area contributed by atoms with Crippen molar-refractivity contribution in [3.63, 3.8) is 0 Å². The summed E-state index contributed by atoms with van der Waals surface area (Å²) in [5.74, 6) is -1.94. The first-order valence-corrected chi connectivity index (χ1v) is 7.75. The lowest BCUT2D eigenvalue weighted by Crippen LogP contribution is -2.44. The van der Waals surface area contributed by atoms with E-state index < -0.39 is 41.3 Å². The number of hydrogen-bond acceptors (Lipinski definition) is 4. The molecule has 2 rings (SSSR count). The quantitative estimate of drug-likeness (QED) is 0.676. The molecule has 1 aliphatic carbocycles. The Morgan fingerprint density at radius 2 is 1.96 bits per heavy atom. The van der Waals surface area contributed by atoms with Crippen LogP contribution >= 0.6 is 0 Å². The Labute approximate surface area is 137 Å². The zero-order valence-corrected chi connectivity index (χ0v) is 13.2. The number of rotatable bonds is 3. The Balaban J connectivity index is 2.23. The molecule has 2 unspecified atom stereocenters. The summed E-state index contributed by atoms with van der Waals surface area (Å²) in [7, 11) is 1.26. The number of nitrogens with zero attached hydrogens (tertiary/aromatic N) is 1. The van der Waals surface area contributed by atoms with Crippen LogP contribution in [0.15, 0.2) is 18.3 Å². The number of hydrogen-bond donors (Lipinski definition) is 1. The first-order valence-electron chi connectivity index (χ1n) is 7.75. The average Bonchev–Trinajstić information content (AvgIpc) is 2.78. The summed E-state index contributed by atoms with van der Waals surface area (Å²) in [6.07, 6.45) is 0.000393. The lowest BCUT2D eigenvalue weighted by atomic mass is 9.94. The van der Waals surface area contributed by atoms with Crippen molar-refractivity contribution in [3.05, 3.63) is 29.6 Å². The Bertz CT molecular complexity index is 604. The zero-order chi connectivity index (χ0) is 17.7. The Morgan fingerprint density at radius 1 is 1.25 bits per heavy atom. The Morgan fingerprint density at radius 3 is 2.62 bits per heavy atom. The first-order chi connectivity index (χ1) is 11.3. The highest BCUT2D eigenvalue weighted by Gasteiger charge is 2.37. The third kappa shape index (κ3) is 4.24. The molecule has 1 heterocycles. The highest BCUT2D eigenvalue weighted by atomic mass is 19.4. The van der Waals surface area contributed by atoms with Gasteiger partial charge in [-0.25, -0.2) is 0 Å². The summed E-state index contributed by atoms with van der Waals surface area (Å²) in [4.78, 5) is 27.8. The number of nitrogens with one attached hydrogen (secondary N) is 1. The largest absolute Gasteiger partial charge is 0.469 e. The molecule has 1 aromatic heterocycles. The van der Waals surface area contributed by atoms with Gasteiger partial charge in [0, 0.05) is 12.2 Å². The monoisotopic (exact) mass is 344 g/mol. The van der Waals surface area contributed by atoms with E-state index in [9.17, 15) is 22.8 Å². The molecule has 8 heteroatoms. The lowest BCUT2D eigenvalue weighted by molar-refractivity contribution is -0.146. The van der Waals surface area contributed by atoms with Gasteiger partial charge in [-0.2, -0.15) is 13.2 Å². The Hall–Kier alpha value is -2.12. The van der Waals surface area contributed by atoms with Crippen molar-refractivity contribution >= 4 is 11.9 Å². The maximum absolute atomic E-state index is 13.0. The van der Waals surface area contributed by atoms with Gasteiger partial charge in [-0.15, -0.1) is 0 Å². The summed E-state index contributed by atoms with van der Waals surface area (Å²) in [6.45, 7) is 0. The van der Waals surface area contributed by atoms with Gasteiger partial charge in [-0.05, 0) is 25.0 Å². The molecule has 5 nitrogen and oxygen atoms in total. The van der Waals surface area contributed by atoms with E-state index in [-0.39, 0.29) is 0 Å². The highest BCUT2D eigenvalue weighted by Crippen LogP contribution is 2.31. The van der Waals surface area contributed by atoms with E-state index in [2.05, 4.69) is 10.3 Å². The van der Waals surface area contributed by atoms with Gasteiger partial charge in [-0.3, -0.25) is 14.6 Å². The van der Waals surface area contributed by atoms with Crippen molar-refractivity contribution in [1.29, 1.82) is 0 Å². The standard InChI is InChI=1S/C16H19F3N2O3/c1-24-15(23)10-6-3-2-4-8-12(10)21-14(22)13-11(16(17,18)19)7-5-9-20-13/h5,7,9-10,12H,2-4,6,8H2,1H3,(H,21,22). The number of carbonyl (C=O) groups excluding carboxylic acids is 2.